The molecule has 0 bridgehead atoms. The Hall–Kier alpha value is -2.30. The highest BCUT2D eigenvalue weighted by Gasteiger charge is 2.33. The van der Waals surface area contributed by atoms with E-state index in [2.05, 4.69) is 15.5 Å². The second-order valence-electron chi connectivity index (χ2n) is 8.40. The Bertz CT molecular complexity index is 1050. The second-order valence-corrected chi connectivity index (χ2v) is 10.3. The Morgan fingerprint density at radius 1 is 1.25 bits per heavy atom. The van der Waals surface area contributed by atoms with Crippen molar-refractivity contribution in [1.29, 1.82) is 0 Å². The van der Waals surface area contributed by atoms with Crippen LogP contribution in [0.1, 0.15) is 44.1 Å². The Balaban J connectivity index is 1.41. The standard InChI is InChI=1S/C22H30N4O5S/c1-3-20-24-21(25-31-20)17-7-6-15(2)19(13-17)32(28,29)26-10-8-16(9-11-26)22(27)23-14-18-5-4-12-30-18/h6-7,13,16,18H,3-5,8-12,14H2,1-2H3,(H,23,27)/t18-/m0/s1. The number of hydrogen-bond donors (Lipinski definition) is 1. The molecule has 1 atom stereocenters. The van der Waals surface area contributed by atoms with Crippen molar-refractivity contribution in [2.24, 2.45) is 5.92 Å². The fraction of sp³-hybridized carbons (Fsp3) is 0.591. The molecule has 0 spiro atoms. The smallest absolute Gasteiger partial charge is 0.243 e. The van der Waals surface area contributed by atoms with Crippen LogP contribution in [0.4, 0.5) is 0 Å². The number of nitrogens with one attached hydrogen (secondary N) is 1. The van der Waals surface area contributed by atoms with Crippen molar-refractivity contribution in [1.82, 2.24) is 19.8 Å². The van der Waals surface area contributed by atoms with Gasteiger partial charge in [-0.15, -0.1) is 0 Å². The molecule has 10 heteroatoms. The number of hydrogen-bond acceptors (Lipinski definition) is 7. The third-order valence-electron chi connectivity index (χ3n) is 6.19. The van der Waals surface area contributed by atoms with Crippen molar-refractivity contribution in [3.63, 3.8) is 0 Å². The van der Waals surface area contributed by atoms with Gasteiger partial charge in [0.1, 0.15) is 0 Å². The molecule has 1 amide bonds. The van der Waals surface area contributed by atoms with Crippen LogP contribution in [0.5, 0.6) is 0 Å². The normalized spacial score (nSPS) is 20.5. The molecule has 32 heavy (non-hydrogen) atoms. The van der Waals surface area contributed by atoms with Gasteiger partial charge in [-0.05, 0) is 44.2 Å². The molecule has 3 heterocycles. The van der Waals surface area contributed by atoms with E-state index in [-0.39, 0.29) is 22.8 Å². The van der Waals surface area contributed by atoms with Gasteiger partial charge in [-0.1, -0.05) is 24.2 Å². The molecule has 0 unspecified atom stereocenters. The lowest BCUT2D eigenvalue weighted by atomic mass is 9.97. The summed E-state index contributed by atoms with van der Waals surface area (Å²) in [4.78, 5) is 17.0. The molecule has 4 rings (SSSR count). The van der Waals surface area contributed by atoms with Crippen molar-refractivity contribution in [3.05, 3.63) is 29.7 Å². The third-order valence-corrected chi connectivity index (χ3v) is 8.23. The molecule has 2 saturated heterocycles. The van der Waals surface area contributed by atoms with Crippen LogP contribution in [-0.2, 0) is 26.0 Å². The van der Waals surface area contributed by atoms with Gasteiger partial charge in [-0.2, -0.15) is 9.29 Å². The average molecular weight is 463 g/mol. The summed E-state index contributed by atoms with van der Waals surface area (Å²) in [5.41, 5.74) is 1.26. The average Bonchev–Trinajstić information content (AvgIpc) is 3.50. The van der Waals surface area contributed by atoms with Gasteiger partial charge < -0.3 is 14.6 Å². The van der Waals surface area contributed by atoms with Crippen LogP contribution < -0.4 is 5.32 Å². The van der Waals surface area contributed by atoms with Crippen molar-refractivity contribution < 1.29 is 22.5 Å². The topological polar surface area (TPSA) is 115 Å². The third kappa shape index (κ3) is 4.87. The lowest BCUT2D eigenvalue weighted by Crippen LogP contribution is -2.44. The summed E-state index contributed by atoms with van der Waals surface area (Å²) >= 11 is 0. The van der Waals surface area contributed by atoms with Gasteiger partial charge in [0.2, 0.25) is 27.6 Å². The minimum atomic E-state index is -3.70. The fourth-order valence-corrected chi connectivity index (χ4v) is 5.91. The Morgan fingerprint density at radius 2 is 2.03 bits per heavy atom. The molecule has 9 nitrogen and oxygen atoms in total. The van der Waals surface area contributed by atoms with E-state index in [0.29, 0.717) is 61.7 Å². The molecule has 0 saturated carbocycles. The van der Waals surface area contributed by atoms with E-state index >= 15 is 0 Å². The first-order chi connectivity index (χ1) is 15.4. The first-order valence-corrected chi connectivity index (χ1v) is 12.7. The number of sulfonamides is 1. The van der Waals surface area contributed by atoms with Gasteiger partial charge in [0.05, 0.1) is 11.0 Å². The van der Waals surface area contributed by atoms with Gasteiger partial charge in [0.15, 0.2) is 0 Å². The molecule has 2 aliphatic rings. The highest BCUT2D eigenvalue weighted by atomic mass is 32.2. The van der Waals surface area contributed by atoms with Gasteiger partial charge in [-0.25, -0.2) is 8.42 Å². The molecular formula is C22H30N4O5S. The lowest BCUT2D eigenvalue weighted by Gasteiger charge is -2.31. The van der Waals surface area contributed by atoms with E-state index in [1.165, 1.54) is 4.31 Å². The molecule has 0 radical (unpaired) electrons. The number of piperidine rings is 1. The molecule has 2 aliphatic heterocycles. The molecule has 174 valence electrons. The summed E-state index contributed by atoms with van der Waals surface area (Å²) in [5.74, 6) is 0.686. The van der Waals surface area contributed by atoms with Crippen LogP contribution >= 0.6 is 0 Å². The zero-order chi connectivity index (χ0) is 22.7. The number of aryl methyl sites for hydroxylation is 2. The summed E-state index contributed by atoms with van der Waals surface area (Å²) in [6, 6.07) is 5.16. The van der Waals surface area contributed by atoms with E-state index in [9.17, 15) is 13.2 Å². The monoisotopic (exact) mass is 462 g/mol. The van der Waals surface area contributed by atoms with Crippen LogP contribution in [0.25, 0.3) is 11.4 Å². The predicted molar refractivity (Wildman–Crippen MR) is 117 cm³/mol. The summed E-state index contributed by atoms with van der Waals surface area (Å²) in [5, 5.41) is 6.92. The van der Waals surface area contributed by atoms with E-state index in [1.54, 1.807) is 25.1 Å². The minimum absolute atomic E-state index is 0.0143. The summed E-state index contributed by atoms with van der Waals surface area (Å²) in [6.45, 7) is 5.59. The minimum Gasteiger partial charge on any atom is -0.376 e. The summed E-state index contributed by atoms with van der Waals surface area (Å²) < 4.78 is 38.9. The zero-order valence-electron chi connectivity index (χ0n) is 18.5. The van der Waals surface area contributed by atoms with Crippen molar-refractivity contribution in [2.75, 3.05) is 26.2 Å². The molecule has 1 aromatic heterocycles. The van der Waals surface area contributed by atoms with Crippen molar-refractivity contribution in [2.45, 2.75) is 57.0 Å². The molecule has 2 aromatic rings. The maximum absolute atomic E-state index is 13.4. The maximum Gasteiger partial charge on any atom is 0.243 e. The molecule has 2 fully saturated rings. The SMILES string of the molecule is CCc1nc(-c2ccc(C)c(S(=O)(=O)N3CCC(C(=O)NC[C@@H]4CCCO4)CC3)c2)no1. The van der Waals surface area contributed by atoms with Crippen LogP contribution in [0.15, 0.2) is 27.6 Å². The number of amides is 1. The zero-order valence-corrected chi connectivity index (χ0v) is 19.4. The Morgan fingerprint density at radius 3 is 2.69 bits per heavy atom. The number of nitrogens with zero attached hydrogens (tertiary/aromatic N) is 3. The van der Waals surface area contributed by atoms with Crippen LogP contribution in [0, 0.1) is 12.8 Å². The fourth-order valence-electron chi connectivity index (χ4n) is 4.19. The van der Waals surface area contributed by atoms with E-state index in [0.717, 1.165) is 19.4 Å². The largest absolute Gasteiger partial charge is 0.376 e. The second kappa shape index (κ2) is 9.68. The number of rotatable bonds is 7. The highest BCUT2D eigenvalue weighted by molar-refractivity contribution is 7.89. The van der Waals surface area contributed by atoms with Crippen molar-refractivity contribution in [3.8, 4) is 11.4 Å². The molecule has 0 aliphatic carbocycles. The quantitative estimate of drug-likeness (QED) is 0.671. The lowest BCUT2D eigenvalue weighted by molar-refractivity contribution is -0.126. The number of ether oxygens (including phenoxy) is 1. The predicted octanol–water partition coefficient (Wildman–Crippen LogP) is 2.30. The van der Waals surface area contributed by atoms with Crippen LogP contribution in [-0.4, -0.2) is 61.1 Å². The summed E-state index contributed by atoms with van der Waals surface area (Å²) in [6.07, 6.45) is 3.71. The van der Waals surface area contributed by atoms with Crippen LogP contribution in [0.3, 0.4) is 0 Å². The first-order valence-electron chi connectivity index (χ1n) is 11.2. The maximum atomic E-state index is 13.4. The van der Waals surface area contributed by atoms with E-state index in [1.807, 2.05) is 6.92 Å². The van der Waals surface area contributed by atoms with Gasteiger partial charge in [-0.3, -0.25) is 4.79 Å². The number of benzene rings is 1. The van der Waals surface area contributed by atoms with Gasteiger partial charge in [0, 0.05) is 44.1 Å². The Labute approximate surface area is 188 Å². The van der Waals surface area contributed by atoms with E-state index < -0.39 is 10.0 Å². The molecule has 1 aromatic carbocycles. The number of carbonyl (C=O) groups is 1. The first kappa shape index (κ1) is 22.9. The number of aromatic nitrogens is 2. The van der Waals surface area contributed by atoms with Gasteiger partial charge in [0.25, 0.3) is 0 Å². The molecule has 1 N–H and O–H groups in total. The molecular weight excluding hydrogens is 432 g/mol. The van der Waals surface area contributed by atoms with Crippen molar-refractivity contribution >= 4 is 15.9 Å². The van der Waals surface area contributed by atoms with Gasteiger partial charge >= 0.3 is 0 Å². The van der Waals surface area contributed by atoms with E-state index in [4.69, 9.17) is 9.26 Å². The number of carbonyl (C=O) groups excluding carboxylic acids is 1. The summed E-state index contributed by atoms with van der Waals surface area (Å²) in [7, 11) is -3.70. The highest BCUT2D eigenvalue weighted by Crippen LogP contribution is 2.29. The Kier molecular flexibility index (Phi) is 6.92. The van der Waals surface area contributed by atoms with Crippen LogP contribution in [0.2, 0.25) is 0 Å².